The van der Waals surface area contributed by atoms with Crippen molar-refractivity contribution >= 4 is 21.9 Å². The van der Waals surface area contributed by atoms with Crippen LogP contribution in [0.4, 0.5) is 5.82 Å². The Kier molecular flexibility index (Phi) is 8.58. The molecule has 5 atom stereocenters. The zero-order chi connectivity index (χ0) is 25.8. The van der Waals surface area contributed by atoms with Gasteiger partial charge in [-0.1, -0.05) is 17.7 Å². The summed E-state index contributed by atoms with van der Waals surface area (Å²) in [4.78, 5) is 27.2. The third-order valence-electron chi connectivity index (χ3n) is 5.52. The number of aromatic nitrogens is 2. The molecule has 2 aliphatic heterocycles. The lowest BCUT2D eigenvalue weighted by atomic mass is 10.1. The highest BCUT2D eigenvalue weighted by atomic mass is 32.2. The molecule has 2 aliphatic rings. The molecule has 6 N–H and O–H groups in total. The Bertz CT molecular complexity index is 1180. The normalized spacial score (nSPS) is 26.1. The van der Waals surface area contributed by atoms with Crippen molar-refractivity contribution in [2.75, 3.05) is 18.9 Å². The molecular weight excluding hydrogens is 484 g/mol. The average molecular weight is 513 g/mol. The highest BCUT2D eigenvalue weighted by molar-refractivity contribution is 7.85. The first kappa shape index (κ1) is 26.7. The second kappa shape index (κ2) is 11.2. The molecule has 1 unspecified atom stereocenters. The van der Waals surface area contributed by atoms with E-state index >= 15 is 0 Å². The van der Waals surface area contributed by atoms with E-state index in [0.717, 1.165) is 23.1 Å². The molecule has 35 heavy (non-hydrogen) atoms. The number of benzene rings is 1. The molecule has 192 valence electrons. The van der Waals surface area contributed by atoms with Gasteiger partial charge in [0.05, 0.1) is 4.90 Å². The largest absolute Gasteiger partial charge is 0.462 e. The Labute approximate surface area is 201 Å². The van der Waals surface area contributed by atoms with E-state index in [2.05, 4.69) is 10.3 Å². The van der Waals surface area contributed by atoms with Crippen LogP contribution in [0.2, 0.25) is 0 Å². The van der Waals surface area contributed by atoms with Gasteiger partial charge in [0.25, 0.3) is 10.1 Å². The van der Waals surface area contributed by atoms with Crippen LogP contribution in [0.3, 0.4) is 0 Å². The molecule has 4 rings (SSSR count). The molecule has 0 aliphatic carbocycles. The van der Waals surface area contributed by atoms with E-state index in [0.29, 0.717) is 6.42 Å². The number of hydrogen-bond donors (Lipinski definition) is 5. The summed E-state index contributed by atoms with van der Waals surface area (Å²) >= 11 is 0. The third kappa shape index (κ3) is 6.84. The van der Waals surface area contributed by atoms with Gasteiger partial charge < -0.3 is 30.7 Å². The van der Waals surface area contributed by atoms with Gasteiger partial charge in [0.15, 0.2) is 6.23 Å². The van der Waals surface area contributed by atoms with Crippen molar-refractivity contribution in [1.29, 1.82) is 0 Å². The fraction of sp³-hybridized carbons (Fsp3) is 0.476. The zero-order valence-corrected chi connectivity index (χ0v) is 19.7. The number of aliphatic hydroxyl groups excluding tert-OH is 2. The fourth-order valence-electron chi connectivity index (χ4n) is 3.58. The number of carbonyl (C=O) groups is 1. The lowest BCUT2D eigenvalue weighted by molar-refractivity contribution is -0.152. The standard InChI is InChI=1S/C14H20N4O6.C7H8O3S/c15-9-3-5-18(14(22)17-9)12-11(20)10(19)8(24-12)6-23-13(21)7-2-1-4-16-7;1-6-2-4-7(5-3-6)11(8,9)10/h3,5,7-8,10-12,16,19-20H,1-2,4,6H2,(H2,15,17,22);2-5H,1H3,(H,8,9,10)/t7?,8-,10-,11+,12-;/m1./s1. The maximum Gasteiger partial charge on any atom is 0.351 e. The molecule has 0 saturated carbocycles. The molecule has 2 fully saturated rings. The van der Waals surface area contributed by atoms with Gasteiger partial charge in [-0.3, -0.25) is 13.9 Å². The van der Waals surface area contributed by atoms with E-state index < -0.39 is 46.3 Å². The molecule has 14 heteroatoms. The van der Waals surface area contributed by atoms with Crippen LogP contribution in [0.1, 0.15) is 24.6 Å². The summed E-state index contributed by atoms with van der Waals surface area (Å²) in [6, 6.07) is 7.01. The lowest BCUT2D eigenvalue weighted by Crippen LogP contribution is -2.38. The highest BCUT2D eigenvalue weighted by Gasteiger charge is 2.45. The number of nitrogens with zero attached hydrogens (tertiary/aromatic N) is 2. The van der Waals surface area contributed by atoms with Gasteiger partial charge >= 0.3 is 11.7 Å². The predicted molar refractivity (Wildman–Crippen MR) is 122 cm³/mol. The number of nitrogens with one attached hydrogen (secondary N) is 1. The van der Waals surface area contributed by atoms with Gasteiger partial charge in [0.2, 0.25) is 0 Å². The van der Waals surface area contributed by atoms with Crippen LogP contribution in [0.15, 0.2) is 46.2 Å². The van der Waals surface area contributed by atoms with E-state index in [9.17, 15) is 28.2 Å². The SMILES string of the molecule is Cc1ccc(S(=O)(=O)O)cc1.Nc1ccn([C@@H]2O[C@H](COC(=O)C3CCCN3)[C@@H](O)[C@@H]2O)c(=O)n1. The van der Waals surface area contributed by atoms with Crippen molar-refractivity contribution < 1.29 is 37.5 Å². The summed E-state index contributed by atoms with van der Waals surface area (Å²) in [5.41, 5.74) is 5.66. The van der Waals surface area contributed by atoms with E-state index in [4.69, 9.17) is 19.8 Å². The Morgan fingerprint density at radius 1 is 1.26 bits per heavy atom. The molecule has 0 bridgehead atoms. The molecule has 2 saturated heterocycles. The number of aryl methyl sites for hydroxylation is 1. The van der Waals surface area contributed by atoms with Crippen LogP contribution in [0.25, 0.3) is 0 Å². The molecule has 0 radical (unpaired) electrons. The van der Waals surface area contributed by atoms with Crippen molar-refractivity contribution in [3.63, 3.8) is 0 Å². The number of rotatable bonds is 5. The minimum Gasteiger partial charge on any atom is -0.462 e. The molecule has 1 aromatic heterocycles. The Morgan fingerprint density at radius 3 is 2.51 bits per heavy atom. The monoisotopic (exact) mass is 512 g/mol. The number of ether oxygens (including phenoxy) is 2. The smallest absolute Gasteiger partial charge is 0.351 e. The summed E-state index contributed by atoms with van der Waals surface area (Å²) in [5, 5.41) is 23.2. The minimum atomic E-state index is -4.02. The quantitative estimate of drug-likeness (QED) is 0.241. The molecule has 3 heterocycles. The summed E-state index contributed by atoms with van der Waals surface area (Å²) in [6.45, 7) is 2.38. The fourth-order valence-corrected chi connectivity index (χ4v) is 4.06. The molecular formula is C21H28N4O9S. The van der Waals surface area contributed by atoms with E-state index in [1.807, 2.05) is 6.92 Å². The highest BCUT2D eigenvalue weighted by Crippen LogP contribution is 2.28. The van der Waals surface area contributed by atoms with Crippen LogP contribution < -0.4 is 16.7 Å². The minimum absolute atomic E-state index is 0.0406. The van der Waals surface area contributed by atoms with E-state index in [-0.39, 0.29) is 23.4 Å². The van der Waals surface area contributed by atoms with Gasteiger partial charge in [0.1, 0.15) is 36.8 Å². The number of carbonyl (C=O) groups excluding carboxylic acids is 1. The van der Waals surface area contributed by atoms with Gasteiger partial charge in [-0.05, 0) is 44.5 Å². The summed E-state index contributed by atoms with van der Waals surface area (Å²) < 4.78 is 41.2. The van der Waals surface area contributed by atoms with Crippen molar-refractivity contribution in [3.05, 3.63) is 52.6 Å². The molecule has 13 nitrogen and oxygen atoms in total. The second-order valence-corrected chi connectivity index (χ2v) is 9.58. The first-order valence-corrected chi connectivity index (χ1v) is 12.2. The van der Waals surface area contributed by atoms with E-state index in [1.165, 1.54) is 24.4 Å². The number of aliphatic hydroxyl groups is 2. The number of nitrogen functional groups attached to an aromatic ring is 1. The summed E-state index contributed by atoms with van der Waals surface area (Å²) in [7, 11) is -4.02. The van der Waals surface area contributed by atoms with Gasteiger partial charge in [-0.15, -0.1) is 0 Å². The van der Waals surface area contributed by atoms with Crippen molar-refractivity contribution in [1.82, 2.24) is 14.9 Å². The van der Waals surface area contributed by atoms with Crippen LogP contribution in [0.5, 0.6) is 0 Å². The first-order valence-electron chi connectivity index (χ1n) is 10.8. The lowest BCUT2D eigenvalue weighted by Gasteiger charge is -2.17. The Hall–Kier alpha value is -2.88. The van der Waals surface area contributed by atoms with Crippen molar-refractivity contribution in [2.24, 2.45) is 0 Å². The van der Waals surface area contributed by atoms with E-state index in [1.54, 1.807) is 12.1 Å². The molecule has 0 amide bonds. The van der Waals surface area contributed by atoms with Crippen molar-refractivity contribution in [3.8, 4) is 0 Å². The van der Waals surface area contributed by atoms with Gasteiger partial charge in [0, 0.05) is 6.20 Å². The topological polar surface area (TPSA) is 203 Å². The third-order valence-corrected chi connectivity index (χ3v) is 6.38. The number of esters is 1. The van der Waals surface area contributed by atoms with Crippen LogP contribution in [-0.2, 0) is 24.4 Å². The Balaban J connectivity index is 0.000000261. The van der Waals surface area contributed by atoms with Gasteiger partial charge in [-0.25, -0.2) is 4.79 Å². The summed E-state index contributed by atoms with van der Waals surface area (Å²) in [5.74, 6) is -0.383. The van der Waals surface area contributed by atoms with Gasteiger partial charge in [-0.2, -0.15) is 13.4 Å². The summed E-state index contributed by atoms with van der Waals surface area (Å²) in [6.07, 6.45) is -1.82. The number of anilines is 1. The van der Waals surface area contributed by atoms with Crippen LogP contribution in [-0.4, -0.2) is 76.2 Å². The van der Waals surface area contributed by atoms with Crippen LogP contribution >= 0.6 is 0 Å². The maximum atomic E-state index is 11.9. The predicted octanol–water partition coefficient (Wildman–Crippen LogP) is -1.02. The Morgan fingerprint density at radius 2 is 1.94 bits per heavy atom. The number of nitrogens with two attached hydrogens (primary N) is 1. The second-order valence-electron chi connectivity index (χ2n) is 8.16. The zero-order valence-electron chi connectivity index (χ0n) is 18.9. The molecule has 0 spiro atoms. The van der Waals surface area contributed by atoms with Crippen molar-refractivity contribution in [2.45, 2.75) is 55.2 Å². The van der Waals surface area contributed by atoms with Crippen LogP contribution in [0, 0.1) is 6.92 Å². The first-order chi connectivity index (χ1) is 16.5. The number of hydrogen-bond acceptors (Lipinski definition) is 11. The average Bonchev–Trinajstić information content (AvgIpc) is 3.42. The molecule has 1 aromatic carbocycles. The maximum absolute atomic E-state index is 11.9. The molecule has 2 aromatic rings.